The van der Waals surface area contributed by atoms with Crippen LogP contribution in [0, 0.1) is 0 Å². The van der Waals surface area contributed by atoms with Gasteiger partial charge in [0.15, 0.2) is 5.16 Å². The number of hydrogen-bond donors (Lipinski definition) is 0. The topological polar surface area (TPSA) is 58.6 Å². The van der Waals surface area contributed by atoms with Crippen LogP contribution in [0.1, 0.15) is 40.5 Å². The number of thioether (sulfide) groups is 1. The third kappa shape index (κ3) is 6.28. The number of carbonyl (C=O) groups excluding carboxylic acids is 1. The molecule has 2 heterocycles. The van der Waals surface area contributed by atoms with E-state index in [4.69, 9.17) is 16.3 Å². The molecular formula is C18H29ClN4O2S. The molecule has 0 bridgehead atoms. The normalized spacial score (nSPS) is 20.3. The van der Waals surface area contributed by atoms with Gasteiger partial charge < -0.3 is 14.5 Å². The van der Waals surface area contributed by atoms with Crippen LogP contribution in [-0.4, -0.2) is 64.9 Å². The molecule has 1 aromatic heterocycles. The SMILES string of the molecule is CCCN(CCC)c1cc(Cl)nc(SCC(=O)N2CC(C)OC(C)C2)n1. The van der Waals surface area contributed by atoms with Gasteiger partial charge >= 0.3 is 0 Å². The van der Waals surface area contributed by atoms with Crippen LogP contribution in [-0.2, 0) is 9.53 Å². The van der Waals surface area contributed by atoms with Crippen molar-refractivity contribution in [1.29, 1.82) is 0 Å². The molecule has 0 radical (unpaired) electrons. The highest BCUT2D eigenvalue weighted by Gasteiger charge is 2.26. The number of hydrogen-bond acceptors (Lipinski definition) is 6. The molecule has 146 valence electrons. The molecule has 0 aliphatic carbocycles. The van der Waals surface area contributed by atoms with Crippen molar-refractivity contribution in [3.63, 3.8) is 0 Å². The summed E-state index contributed by atoms with van der Waals surface area (Å²) in [5.74, 6) is 1.22. The maximum atomic E-state index is 12.5. The van der Waals surface area contributed by atoms with E-state index in [2.05, 4.69) is 28.7 Å². The summed E-state index contributed by atoms with van der Waals surface area (Å²) in [6, 6.07) is 1.80. The summed E-state index contributed by atoms with van der Waals surface area (Å²) in [4.78, 5) is 25.5. The minimum absolute atomic E-state index is 0.0679. The van der Waals surface area contributed by atoms with E-state index in [0.29, 0.717) is 29.2 Å². The smallest absolute Gasteiger partial charge is 0.233 e. The first-order chi connectivity index (χ1) is 12.4. The number of ether oxygens (including phenoxy) is 1. The van der Waals surface area contributed by atoms with Crippen molar-refractivity contribution in [3.05, 3.63) is 11.2 Å². The number of morpholine rings is 1. The maximum Gasteiger partial charge on any atom is 0.233 e. The Morgan fingerprint density at radius 1 is 1.27 bits per heavy atom. The predicted molar refractivity (Wildman–Crippen MR) is 107 cm³/mol. The zero-order chi connectivity index (χ0) is 19.1. The van der Waals surface area contributed by atoms with Crippen molar-refractivity contribution < 1.29 is 9.53 Å². The van der Waals surface area contributed by atoms with Gasteiger partial charge in [-0.2, -0.15) is 0 Å². The third-order valence-electron chi connectivity index (χ3n) is 4.07. The quantitative estimate of drug-likeness (QED) is 0.378. The van der Waals surface area contributed by atoms with E-state index < -0.39 is 0 Å². The van der Waals surface area contributed by atoms with Crippen molar-refractivity contribution in [2.24, 2.45) is 0 Å². The van der Waals surface area contributed by atoms with E-state index >= 15 is 0 Å². The molecule has 1 saturated heterocycles. The summed E-state index contributed by atoms with van der Waals surface area (Å²) in [5.41, 5.74) is 0. The van der Waals surface area contributed by atoms with Crippen molar-refractivity contribution in [1.82, 2.24) is 14.9 Å². The zero-order valence-corrected chi connectivity index (χ0v) is 17.6. The fraction of sp³-hybridized carbons (Fsp3) is 0.722. The van der Waals surface area contributed by atoms with Gasteiger partial charge in [0.05, 0.1) is 18.0 Å². The Hall–Kier alpha value is -1.05. The maximum absolute atomic E-state index is 12.5. The van der Waals surface area contributed by atoms with Crippen LogP contribution >= 0.6 is 23.4 Å². The second kappa shape index (κ2) is 10.3. The zero-order valence-electron chi connectivity index (χ0n) is 16.1. The molecule has 2 rings (SSSR count). The molecule has 1 fully saturated rings. The monoisotopic (exact) mass is 400 g/mol. The second-order valence-corrected chi connectivity index (χ2v) is 7.99. The van der Waals surface area contributed by atoms with Gasteiger partial charge in [0.1, 0.15) is 11.0 Å². The van der Waals surface area contributed by atoms with Crippen LogP contribution in [0.25, 0.3) is 0 Å². The Balaban J connectivity index is 2.01. The number of carbonyl (C=O) groups is 1. The van der Waals surface area contributed by atoms with Gasteiger partial charge in [0.25, 0.3) is 0 Å². The van der Waals surface area contributed by atoms with Gasteiger partial charge in [-0.15, -0.1) is 0 Å². The fourth-order valence-corrected chi connectivity index (χ4v) is 4.08. The third-order valence-corrected chi connectivity index (χ3v) is 5.09. The van der Waals surface area contributed by atoms with E-state index in [1.54, 1.807) is 6.07 Å². The first-order valence-electron chi connectivity index (χ1n) is 9.28. The average Bonchev–Trinajstić information content (AvgIpc) is 2.58. The molecular weight excluding hydrogens is 372 g/mol. The van der Waals surface area contributed by atoms with Crippen LogP contribution in [0.4, 0.5) is 5.82 Å². The second-order valence-electron chi connectivity index (χ2n) is 6.66. The lowest BCUT2D eigenvalue weighted by Crippen LogP contribution is -2.48. The standard InChI is InChI=1S/C18H29ClN4O2S/c1-5-7-22(8-6-2)16-9-15(19)20-18(21-16)26-12-17(24)23-10-13(3)25-14(4)11-23/h9,13-14H,5-8,10-12H2,1-4H3. The van der Waals surface area contributed by atoms with Gasteiger partial charge in [-0.25, -0.2) is 9.97 Å². The summed E-state index contributed by atoms with van der Waals surface area (Å²) < 4.78 is 5.68. The Kier molecular flexibility index (Phi) is 8.44. The Morgan fingerprint density at radius 3 is 2.46 bits per heavy atom. The number of anilines is 1. The number of halogens is 1. The summed E-state index contributed by atoms with van der Waals surface area (Å²) in [7, 11) is 0. The molecule has 0 spiro atoms. The molecule has 8 heteroatoms. The molecule has 2 atom stereocenters. The summed E-state index contributed by atoms with van der Waals surface area (Å²) in [6.45, 7) is 11.4. The predicted octanol–water partition coefficient (Wildman–Crippen LogP) is 3.48. The minimum Gasteiger partial charge on any atom is -0.372 e. The van der Waals surface area contributed by atoms with E-state index in [1.165, 1.54) is 11.8 Å². The first-order valence-corrected chi connectivity index (χ1v) is 10.6. The first kappa shape index (κ1) is 21.3. The van der Waals surface area contributed by atoms with Crippen LogP contribution in [0.2, 0.25) is 5.15 Å². The molecule has 2 unspecified atom stereocenters. The van der Waals surface area contributed by atoms with Gasteiger partial charge in [0, 0.05) is 32.2 Å². The molecule has 0 saturated carbocycles. The Labute approximate surface area is 165 Å². The van der Waals surface area contributed by atoms with Crippen molar-refractivity contribution >= 4 is 35.1 Å². The van der Waals surface area contributed by atoms with Crippen molar-refractivity contribution in [3.8, 4) is 0 Å². The molecule has 6 nitrogen and oxygen atoms in total. The lowest BCUT2D eigenvalue weighted by Gasteiger charge is -2.35. The van der Waals surface area contributed by atoms with E-state index in [9.17, 15) is 4.79 Å². The fourth-order valence-electron chi connectivity index (χ4n) is 3.09. The highest BCUT2D eigenvalue weighted by Crippen LogP contribution is 2.23. The number of rotatable bonds is 8. The highest BCUT2D eigenvalue weighted by molar-refractivity contribution is 7.99. The van der Waals surface area contributed by atoms with E-state index in [0.717, 1.165) is 31.7 Å². The number of amides is 1. The highest BCUT2D eigenvalue weighted by atomic mass is 35.5. The number of nitrogens with zero attached hydrogens (tertiary/aromatic N) is 4. The molecule has 1 aliphatic rings. The van der Waals surface area contributed by atoms with Gasteiger partial charge in [-0.3, -0.25) is 4.79 Å². The Bertz CT molecular complexity index is 589. The van der Waals surface area contributed by atoms with Crippen LogP contribution in [0.3, 0.4) is 0 Å². The van der Waals surface area contributed by atoms with Crippen LogP contribution < -0.4 is 4.90 Å². The van der Waals surface area contributed by atoms with Gasteiger partial charge in [-0.05, 0) is 26.7 Å². The van der Waals surface area contributed by atoms with Gasteiger partial charge in [-0.1, -0.05) is 37.2 Å². The molecule has 1 aromatic rings. The molecule has 0 N–H and O–H groups in total. The molecule has 26 heavy (non-hydrogen) atoms. The summed E-state index contributed by atoms with van der Waals surface area (Å²) in [6.07, 6.45) is 2.21. The minimum atomic E-state index is 0.0679. The summed E-state index contributed by atoms with van der Waals surface area (Å²) in [5, 5.41) is 0.961. The van der Waals surface area contributed by atoms with E-state index in [-0.39, 0.29) is 18.1 Å². The summed E-state index contributed by atoms with van der Waals surface area (Å²) >= 11 is 7.53. The average molecular weight is 401 g/mol. The lowest BCUT2D eigenvalue weighted by molar-refractivity contribution is -0.140. The number of aromatic nitrogens is 2. The van der Waals surface area contributed by atoms with Gasteiger partial charge in [0.2, 0.25) is 5.91 Å². The van der Waals surface area contributed by atoms with Crippen molar-refractivity contribution in [2.75, 3.05) is 36.8 Å². The molecule has 0 aromatic carbocycles. The molecule has 1 aliphatic heterocycles. The van der Waals surface area contributed by atoms with Crippen molar-refractivity contribution in [2.45, 2.75) is 57.9 Å². The largest absolute Gasteiger partial charge is 0.372 e. The van der Waals surface area contributed by atoms with E-state index in [1.807, 2.05) is 18.7 Å². The Morgan fingerprint density at radius 2 is 1.88 bits per heavy atom. The van der Waals surface area contributed by atoms with Crippen LogP contribution in [0.5, 0.6) is 0 Å². The lowest BCUT2D eigenvalue weighted by atomic mass is 10.2. The van der Waals surface area contributed by atoms with Crippen LogP contribution in [0.15, 0.2) is 11.2 Å². The molecule has 1 amide bonds.